The van der Waals surface area contributed by atoms with E-state index in [1.54, 1.807) is 12.1 Å². The van der Waals surface area contributed by atoms with Crippen LogP contribution in [0.15, 0.2) is 18.2 Å². The minimum absolute atomic E-state index is 0.0821. The fraction of sp³-hybridized carbons (Fsp3) is 0.273. The Hall–Kier alpha value is -1.84. The van der Waals surface area contributed by atoms with Gasteiger partial charge in [-0.05, 0) is 18.6 Å². The van der Waals surface area contributed by atoms with Crippen molar-refractivity contribution >= 4 is 17.6 Å². The van der Waals surface area contributed by atoms with E-state index in [1.165, 1.54) is 7.11 Å². The molecule has 0 saturated carbocycles. The Morgan fingerprint density at radius 1 is 1.47 bits per heavy atom. The van der Waals surface area contributed by atoms with Gasteiger partial charge in [0.15, 0.2) is 0 Å². The predicted molar refractivity (Wildman–Crippen MR) is 54.8 cm³/mol. The van der Waals surface area contributed by atoms with Gasteiger partial charge in [-0.1, -0.05) is 12.1 Å². The summed E-state index contributed by atoms with van der Waals surface area (Å²) >= 11 is 0. The number of para-hydroxylation sites is 1. The van der Waals surface area contributed by atoms with Gasteiger partial charge < -0.3 is 10.1 Å². The zero-order chi connectivity index (χ0) is 11.0. The van der Waals surface area contributed by atoms with Crippen LogP contribution >= 0.6 is 0 Å². The monoisotopic (exact) mass is 205 g/mol. The zero-order valence-corrected chi connectivity index (χ0v) is 8.53. The van der Waals surface area contributed by atoms with E-state index in [9.17, 15) is 9.59 Å². The van der Waals surface area contributed by atoms with Crippen molar-refractivity contribution in [1.82, 2.24) is 0 Å². The third kappa shape index (κ3) is 1.38. The Labute approximate surface area is 87.2 Å². The van der Waals surface area contributed by atoms with Crippen LogP contribution in [0, 0.1) is 0 Å². The van der Waals surface area contributed by atoms with Crippen molar-refractivity contribution in [2.75, 3.05) is 12.4 Å². The number of nitrogens with one attached hydrogen (secondary N) is 1. The van der Waals surface area contributed by atoms with E-state index < -0.39 is 5.97 Å². The lowest BCUT2D eigenvalue weighted by Gasteiger charge is -2.05. The van der Waals surface area contributed by atoms with Crippen molar-refractivity contribution in [3.8, 4) is 0 Å². The summed E-state index contributed by atoms with van der Waals surface area (Å²) in [6.45, 7) is 1.81. The van der Waals surface area contributed by atoms with E-state index >= 15 is 0 Å². The van der Waals surface area contributed by atoms with E-state index in [0.717, 1.165) is 5.56 Å². The quantitative estimate of drug-likeness (QED) is 0.707. The number of carbonyl (C=O) groups is 2. The number of ether oxygens (including phenoxy) is 1. The molecule has 1 atom stereocenters. The number of hydrogen-bond donors (Lipinski definition) is 1. The Morgan fingerprint density at radius 2 is 2.20 bits per heavy atom. The number of anilines is 1. The van der Waals surface area contributed by atoms with Crippen molar-refractivity contribution in [2.24, 2.45) is 0 Å². The highest BCUT2D eigenvalue weighted by molar-refractivity contribution is 6.09. The molecule has 0 fully saturated rings. The summed E-state index contributed by atoms with van der Waals surface area (Å²) in [5.41, 5.74) is 1.84. The Morgan fingerprint density at radius 3 is 2.87 bits per heavy atom. The van der Waals surface area contributed by atoms with Crippen LogP contribution < -0.4 is 5.32 Å². The fourth-order valence-electron chi connectivity index (χ4n) is 1.72. The summed E-state index contributed by atoms with van der Waals surface area (Å²) in [5.74, 6) is -0.716. The number of amides is 1. The average molecular weight is 205 g/mol. The molecular weight excluding hydrogens is 194 g/mol. The number of hydrogen-bond acceptors (Lipinski definition) is 3. The second-order valence-electron chi connectivity index (χ2n) is 3.47. The lowest BCUT2D eigenvalue weighted by atomic mass is 10.0. The van der Waals surface area contributed by atoms with Gasteiger partial charge in [-0.2, -0.15) is 0 Å². The third-order valence-electron chi connectivity index (χ3n) is 2.61. The maximum absolute atomic E-state index is 11.4. The molecule has 15 heavy (non-hydrogen) atoms. The molecule has 0 spiro atoms. The molecule has 1 unspecified atom stereocenters. The first kappa shape index (κ1) is 9.71. The molecular formula is C11H11NO3. The van der Waals surface area contributed by atoms with Crippen molar-refractivity contribution in [1.29, 1.82) is 0 Å². The van der Waals surface area contributed by atoms with Crippen molar-refractivity contribution in [3.05, 3.63) is 29.3 Å². The predicted octanol–water partition coefficient (Wildman–Crippen LogP) is 1.53. The fourth-order valence-corrected chi connectivity index (χ4v) is 1.72. The maximum atomic E-state index is 11.4. The van der Waals surface area contributed by atoms with Crippen LogP contribution in [0.1, 0.15) is 28.8 Å². The van der Waals surface area contributed by atoms with Gasteiger partial charge in [-0.3, -0.25) is 4.79 Å². The molecule has 1 amide bonds. The maximum Gasteiger partial charge on any atom is 0.339 e. The molecule has 1 N–H and O–H groups in total. The topological polar surface area (TPSA) is 55.4 Å². The van der Waals surface area contributed by atoms with Crippen molar-refractivity contribution in [2.45, 2.75) is 12.8 Å². The molecule has 1 aromatic carbocycles. The normalized spacial score (nSPS) is 18.3. The minimum atomic E-state index is -0.429. The summed E-state index contributed by atoms with van der Waals surface area (Å²) in [6.07, 6.45) is 0. The van der Waals surface area contributed by atoms with Crippen LogP contribution in [0.3, 0.4) is 0 Å². The first-order valence-corrected chi connectivity index (χ1v) is 4.67. The number of carbonyl (C=O) groups excluding carboxylic acids is 2. The number of rotatable bonds is 1. The molecule has 1 heterocycles. The SMILES string of the molecule is COC(=O)c1cccc2c1NC(=O)C2C. The van der Waals surface area contributed by atoms with Gasteiger partial charge in [-0.25, -0.2) is 4.79 Å². The largest absolute Gasteiger partial charge is 0.465 e. The van der Waals surface area contributed by atoms with Gasteiger partial charge in [0.25, 0.3) is 0 Å². The van der Waals surface area contributed by atoms with Crippen LogP contribution in [0.4, 0.5) is 5.69 Å². The van der Waals surface area contributed by atoms with Crippen LogP contribution in [-0.4, -0.2) is 19.0 Å². The molecule has 2 rings (SSSR count). The summed E-state index contributed by atoms with van der Waals surface area (Å²) in [7, 11) is 1.32. The number of benzene rings is 1. The summed E-state index contributed by atoms with van der Waals surface area (Å²) in [6, 6.07) is 5.23. The Bertz CT molecular complexity index is 439. The lowest BCUT2D eigenvalue weighted by molar-refractivity contribution is -0.116. The molecule has 0 saturated heterocycles. The highest BCUT2D eigenvalue weighted by Crippen LogP contribution is 2.34. The van der Waals surface area contributed by atoms with Gasteiger partial charge in [-0.15, -0.1) is 0 Å². The van der Waals surface area contributed by atoms with Crippen LogP contribution in [0.5, 0.6) is 0 Å². The molecule has 0 radical (unpaired) electrons. The molecule has 1 aromatic rings. The van der Waals surface area contributed by atoms with Gasteiger partial charge >= 0.3 is 5.97 Å². The second kappa shape index (κ2) is 3.38. The molecule has 0 aromatic heterocycles. The van der Waals surface area contributed by atoms with Crippen molar-refractivity contribution < 1.29 is 14.3 Å². The number of methoxy groups -OCH3 is 1. The average Bonchev–Trinajstić information content (AvgIpc) is 2.54. The first-order valence-electron chi connectivity index (χ1n) is 4.67. The number of fused-ring (bicyclic) bond motifs is 1. The van der Waals surface area contributed by atoms with Gasteiger partial charge in [0, 0.05) is 0 Å². The van der Waals surface area contributed by atoms with Gasteiger partial charge in [0.1, 0.15) is 0 Å². The van der Waals surface area contributed by atoms with Gasteiger partial charge in [0.05, 0.1) is 24.3 Å². The molecule has 1 aliphatic rings. The van der Waals surface area contributed by atoms with Crippen LogP contribution in [0.25, 0.3) is 0 Å². The molecule has 0 aliphatic carbocycles. The highest BCUT2D eigenvalue weighted by Gasteiger charge is 2.30. The summed E-state index contributed by atoms with van der Waals surface area (Å²) in [5, 5.41) is 2.69. The number of esters is 1. The van der Waals surface area contributed by atoms with E-state index in [1.807, 2.05) is 13.0 Å². The first-order chi connectivity index (χ1) is 7.15. The summed E-state index contributed by atoms with van der Waals surface area (Å²) < 4.78 is 4.64. The van der Waals surface area contributed by atoms with E-state index in [0.29, 0.717) is 11.3 Å². The van der Waals surface area contributed by atoms with Crippen LogP contribution in [-0.2, 0) is 9.53 Å². The minimum Gasteiger partial charge on any atom is -0.465 e. The molecule has 4 nitrogen and oxygen atoms in total. The molecule has 0 bridgehead atoms. The third-order valence-corrected chi connectivity index (χ3v) is 2.61. The van der Waals surface area contributed by atoms with Gasteiger partial charge in [0.2, 0.25) is 5.91 Å². The van der Waals surface area contributed by atoms with Crippen LogP contribution in [0.2, 0.25) is 0 Å². The standard InChI is InChI=1S/C11H11NO3/c1-6-7-4-3-5-8(11(14)15-2)9(7)12-10(6)13/h3-6H,1-2H3,(H,12,13). The Balaban J connectivity index is 2.54. The van der Waals surface area contributed by atoms with E-state index in [-0.39, 0.29) is 11.8 Å². The highest BCUT2D eigenvalue weighted by atomic mass is 16.5. The molecule has 78 valence electrons. The zero-order valence-electron chi connectivity index (χ0n) is 8.53. The second-order valence-corrected chi connectivity index (χ2v) is 3.47. The van der Waals surface area contributed by atoms with E-state index in [4.69, 9.17) is 0 Å². The summed E-state index contributed by atoms with van der Waals surface area (Å²) in [4.78, 5) is 22.8. The smallest absolute Gasteiger partial charge is 0.339 e. The lowest BCUT2D eigenvalue weighted by Crippen LogP contribution is -2.10. The molecule has 4 heteroatoms. The van der Waals surface area contributed by atoms with E-state index in [2.05, 4.69) is 10.1 Å². The molecule has 1 aliphatic heterocycles. The Kier molecular flexibility index (Phi) is 2.19. The van der Waals surface area contributed by atoms with Crippen molar-refractivity contribution in [3.63, 3.8) is 0 Å².